The van der Waals surface area contributed by atoms with Crippen molar-refractivity contribution < 1.29 is 14.3 Å². The summed E-state index contributed by atoms with van der Waals surface area (Å²) in [5.74, 6) is 0.393. The Hall–Kier alpha value is -3.60. The Kier molecular flexibility index (Phi) is 8.64. The zero-order chi connectivity index (χ0) is 23.6. The predicted molar refractivity (Wildman–Crippen MR) is 131 cm³/mol. The minimum Gasteiger partial charge on any atom is -0.497 e. The molecule has 0 bridgehead atoms. The lowest BCUT2D eigenvalue weighted by Gasteiger charge is -2.32. The molecule has 0 aliphatic carbocycles. The number of nitrogens with zero attached hydrogens (tertiary/aromatic N) is 1. The van der Waals surface area contributed by atoms with Crippen LogP contribution in [-0.4, -0.2) is 36.9 Å². The SMILES string of the molecule is CC[C@@H](C(=O)NC)N(Cc1cccc(OC)c1)C(=O)CC(c1ccccc1)c1ccccc1. The van der Waals surface area contributed by atoms with Crippen LogP contribution >= 0.6 is 0 Å². The Morgan fingerprint density at radius 1 is 0.909 bits per heavy atom. The molecule has 5 heteroatoms. The van der Waals surface area contributed by atoms with Crippen LogP contribution in [0, 0.1) is 0 Å². The summed E-state index contributed by atoms with van der Waals surface area (Å²) < 4.78 is 5.35. The van der Waals surface area contributed by atoms with Gasteiger partial charge in [0.2, 0.25) is 11.8 Å². The van der Waals surface area contributed by atoms with Crippen molar-refractivity contribution in [3.63, 3.8) is 0 Å². The Morgan fingerprint density at radius 2 is 1.52 bits per heavy atom. The summed E-state index contributed by atoms with van der Waals surface area (Å²) in [7, 11) is 3.22. The van der Waals surface area contributed by atoms with E-state index in [1.54, 1.807) is 19.1 Å². The molecule has 3 aromatic rings. The van der Waals surface area contributed by atoms with Crippen LogP contribution in [0.4, 0.5) is 0 Å². The Labute approximate surface area is 196 Å². The summed E-state index contributed by atoms with van der Waals surface area (Å²) in [5, 5.41) is 2.72. The van der Waals surface area contributed by atoms with Crippen LogP contribution in [0.25, 0.3) is 0 Å². The molecule has 0 fully saturated rings. The number of ether oxygens (including phenoxy) is 1. The molecule has 1 N–H and O–H groups in total. The van der Waals surface area contributed by atoms with Crippen LogP contribution in [0.2, 0.25) is 0 Å². The van der Waals surface area contributed by atoms with Gasteiger partial charge in [-0.1, -0.05) is 79.7 Å². The standard InChI is InChI=1S/C28H32N2O3/c1-4-26(28(32)29-2)30(20-21-12-11-17-24(18-21)33-3)27(31)19-25(22-13-7-5-8-14-22)23-15-9-6-10-16-23/h5-18,25-26H,4,19-20H2,1-3H3,(H,29,32)/t26-/m0/s1. The van der Waals surface area contributed by atoms with Gasteiger partial charge in [-0.2, -0.15) is 0 Å². The number of likely N-dealkylation sites (N-methyl/N-ethyl adjacent to an activating group) is 1. The summed E-state index contributed by atoms with van der Waals surface area (Å²) in [4.78, 5) is 28.2. The summed E-state index contributed by atoms with van der Waals surface area (Å²) in [6.07, 6.45) is 0.794. The fourth-order valence-electron chi connectivity index (χ4n) is 4.14. The molecule has 0 aromatic heterocycles. The van der Waals surface area contributed by atoms with Crippen LogP contribution < -0.4 is 10.1 Å². The monoisotopic (exact) mass is 444 g/mol. The Morgan fingerprint density at radius 3 is 2.03 bits per heavy atom. The number of benzene rings is 3. The number of carbonyl (C=O) groups excluding carboxylic acids is 2. The van der Waals surface area contributed by atoms with E-state index in [1.807, 2.05) is 91.9 Å². The molecule has 5 nitrogen and oxygen atoms in total. The summed E-state index contributed by atoms with van der Waals surface area (Å²) in [6, 6.07) is 27.2. The molecule has 0 saturated carbocycles. The molecule has 0 aliphatic heterocycles. The summed E-state index contributed by atoms with van der Waals surface area (Å²) >= 11 is 0. The van der Waals surface area contributed by atoms with E-state index in [2.05, 4.69) is 5.32 Å². The molecule has 2 amide bonds. The van der Waals surface area contributed by atoms with Crippen molar-refractivity contribution in [2.75, 3.05) is 14.2 Å². The number of hydrogen-bond donors (Lipinski definition) is 1. The van der Waals surface area contributed by atoms with Gasteiger partial charge in [0, 0.05) is 25.9 Å². The molecule has 3 rings (SSSR count). The van der Waals surface area contributed by atoms with E-state index >= 15 is 0 Å². The molecule has 0 aliphatic rings. The van der Waals surface area contributed by atoms with Crippen LogP contribution in [0.5, 0.6) is 5.75 Å². The third-order valence-corrected chi connectivity index (χ3v) is 5.90. The van der Waals surface area contributed by atoms with Crippen LogP contribution in [0.1, 0.15) is 42.4 Å². The molecule has 3 aromatic carbocycles. The van der Waals surface area contributed by atoms with Gasteiger partial charge in [-0.05, 0) is 35.2 Å². The number of carbonyl (C=O) groups is 2. The van der Waals surface area contributed by atoms with Gasteiger partial charge in [0.1, 0.15) is 11.8 Å². The van der Waals surface area contributed by atoms with Gasteiger partial charge in [-0.3, -0.25) is 9.59 Å². The fraction of sp³-hybridized carbons (Fsp3) is 0.286. The molecular weight excluding hydrogens is 412 g/mol. The normalized spacial score (nSPS) is 11.6. The van der Waals surface area contributed by atoms with Crippen molar-refractivity contribution in [3.05, 3.63) is 102 Å². The molecule has 33 heavy (non-hydrogen) atoms. The first-order chi connectivity index (χ1) is 16.1. The van der Waals surface area contributed by atoms with Crippen LogP contribution in [0.15, 0.2) is 84.9 Å². The lowest BCUT2D eigenvalue weighted by atomic mass is 9.88. The van der Waals surface area contributed by atoms with Gasteiger partial charge in [-0.15, -0.1) is 0 Å². The molecular formula is C28H32N2O3. The highest BCUT2D eigenvalue weighted by atomic mass is 16.5. The second-order valence-corrected chi connectivity index (χ2v) is 7.99. The first-order valence-corrected chi connectivity index (χ1v) is 11.3. The first kappa shape index (κ1) is 24.1. The van der Waals surface area contributed by atoms with Crippen molar-refractivity contribution in [3.8, 4) is 5.75 Å². The maximum Gasteiger partial charge on any atom is 0.242 e. The fourth-order valence-corrected chi connectivity index (χ4v) is 4.14. The van der Waals surface area contributed by atoms with E-state index in [4.69, 9.17) is 4.74 Å². The second-order valence-electron chi connectivity index (χ2n) is 7.99. The minimum atomic E-state index is -0.555. The average Bonchev–Trinajstić information content (AvgIpc) is 2.87. The number of amides is 2. The van der Waals surface area contributed by atoms with Gasteiger partial charge in [-0.25, -0.2) is 0 Å². The maximum absolute atomic E-state index is 13.8. The predicted octanol–water partition coefficient (Wildman–Crippen LogP) is 4.77. The topological polar surface area (TPSA) is 58.6 Å². The van der Waals surface area contributed by atoms with E-state index in [1.165, 1.54) is 0 Å². The van der Waals surface area contributed by atoms with Gasteiger partial charge in [0.25, 0.3) is 0 Å². The molecule has 0 spiro atoms. The number of hydrogen-bond acceptors (Lipinski definition) is 3. The molecule has 0 unspecified atom stereocenters. The molecule has 0 saturated heterocycles. The van der Waals surface area contributed by atoms with E-state index in [0.717, 1.165) is 22.4 Å². The Bertz CT molecular complexity index is 998. The molecule has 1 atom stereocenters. The van der Waals surface area contributed by atoms with E-state index in [0.29, 0.717) is 13.0 Å². The highest BCUT2D eigenvalue weighted by molar-refractivity contribution is 5.88. The Balaban J connectivity index is 1.95. The molecule has 0 heterocycles. The van der Waals surface area contributed by atoms with E-state index < -0.39 is 6.04 Å². The highest BCUT2D eigenvalue weighted by Crippen LogP contribution is 2.30. The number of nitrogens with one attached hydrogen (secondary N) is 1. The smallest absolute Gasteiger partial charge is 0.242 e. The van der Waals surface area contributed by atoms with Crippen molar-refractivity contribution >= 4 is 11.8 Å². The van der Waals surface area contributed by atoms with Gasteiger partial charge >= 0.3 is 0 Å². The lowest BCUT2D eigenvalue weighted by molar-refractivity contribution is -0.141. The minimum absolute atomic E-state index is 0.0639. The van der Waals surface area contributed by atoms with Gasteiger partial charge in [0.15, 0.2) is 0 Å². The van der Waals surface area contributed by atoms with Crippen LogP contribution in [-0.2, 0) is 16.1 Å². The van der Waals surface area contributed by atoms with Crippen molar-refractivity contribution in [1.82, 2.24) is 10.2 Å². The summed E-state index contributed by atoms with van der Waals surface area (Å²) in [5.41, 5.74) is 3.07. The third kappa shape index (κ3) is 6.22. The van der Waals surface area contributed by atoms with Crippen molar-refractivity contribution in [1.29, 1.82) is 0 Å². The molecule has 172 valence electrons. The van der Waals surface area contributed by atoms with Crippen LogP contribution in [0.3, 0.4) is 0 Å². The largest absolute Gasteiger partial charge is 0.497 e. The second kappa shape index (κ2) is 11.9. The summed E-state index contributed by atoms with van der Waals surface area (Å²) in [6.45, 7) is 2.26. The van der Waals surface area contributed by atoms with Crippen molar-refractivity contribution in [2.45, 2.75) is 38.3 Å². The zero-order valence-corrected chi connectivity index (χ0v) is 19.5. The number of methoxy groups -OCH3 is 1. The molecule has 0 radical (unpaired) electrons. The first-order valence-electron chi connectivity index (χ1n) is 11.3. The average molecular weight is 445 g/mol. The van der Waals surface area contributed by atoms with Gasteiger partial charge < -0.3 is 15.0 Å². The zero-order valence-electron chi connectivity index (χ0n) is 19.5. The quantitative estimate of drug-likeness (QED) is 0.490. The van der Waals surface area contributed by atoms with Gasteiger partial charge in [0.05, 0.1) is 7.11 Å². The third-order valence-electron chi connectivity index (χ3n) is 5.90. The number of rotatable bonds is 10. The van der Waals surface area contributed by atoms with E-state index in [-0.39, 0.29) is 24.2 Å². The lowest BCUT2D eigenvalue weighted by Crippen LogP contribution is -2.48. The maximum atomic E-state index is 13.8. The van der Waals surface area contributed by atoms with E-state index in [9.17, 15) is 9.59 Å². The highest BCUT2D eigenvalue weighted by Gasteiger charge is 2.30. The van der Waals surface area contributed by atoms with Crippen molar-refractivity contribution in [2.24, 2.45) is 0 Å².